The fourth-order valence-electron chi connectivity index (χ4n) is 2.99. The second kappa shape index (κ2) is 10.6. The molecule has 4 heteroatoms. The number of nitrogens with zero attached hydrogens (tertiary/aromatic N) is 2. The van der Waals surface area contributed by atoms with Gasteiger partial charge >= 0.3 is 0 Å². The van der Waals surface area contributed by atoms with Gasteiger partial charge in [-0.25, -0.2) is 0 Å². The van der Waals surface area contributed by atoms with E-state index in [-0.39, 0.29) is 6.10 Å². The Bertz CT molecular complexity index is 469. The number of rotatable bonds is 10. The molecule has 2 rings (SSSR count). The van der Waals surface area contributed by atoms with Crippen molar-refractivity contribution in [1.82, 2.24) is 9.80 Å². The molecule has 0 saturated carbocycles. The molecule has 4 nitrogen and oxygen atoms in total. The summed E-state index contributed by atoms with van der Waals surface area (Å²) in [5.41, 5.74) is 2.59. The average Bonchev–Trinajstić information content (AvgIpc) is 2.60. The molecule has 134 valence electrons. The Balaban J connectivity index is 1.88. The molecule has 0 radical (unpaired) electrons. The van der Waals surface area contributed by atoms with Crippen LogP contribution in [-0.2, 0) is 11.3 Å². The van der Waals surface area contributed by atoms with E-state index in [9.17, 15) is 5.11 Å². The van der Waals surface area contributed by atoms with E-state index in [2.05, 4.69) is 47.6 Å². The van der Waals surface area contributed by atoms with Crippen molar-refractivity contribution in [3.63, 3.8) is 0 Å². The number of aryl methyl sites for hydroxylation is 1. The number of allylic oxidation sites excluding steroid dienone is 1. The van der Waals surface area contributed by atoms with Gasteiger partial charge in [0.2, 0.25) is 0 Å². The van der Waals surface area contributed by atoms with E-state index >= 15 is 0 Å². The molecule has 1 aliphatic heterocycles. The molecule has 0 spiro atoms. The number of hydrogen-bond donors (Lipinski definition) is 1. The van der Waals surface area contributed by atoms with E-state index in [1.54, 1.807) is 0 Å². The van der Waals surface area contributed by atoms with Crippen molar-refractivity contribution in [3.05, 3.63) is 48.0 Å². The van der Waals surface area contributed by atoms with Gasteiger partial charge in [-0.1, -0.05) is 35.9 Å². The molecule has 0 amide bonds. The lowest BCUT2D eigenvalue weighted by atomic mass is 10.1. The highest BCUT2D eigenvalue weighted by molar-refractivity contribution is 5.21. The third kappa shape index (κ3) is 7.14. The van der Waals surface area contributed by atoms with Crippen molar-refractivity contribution in [2.45, 2.75) is 32.4 Å². The lowest BCUT2D eigenvalue weighted by Crippen LogP contribution is -2.42. The Hall–Kier alpha value is -1.20. The van der Waals surface area contributed by atoms with Crippen LogP contribution < -0.4 is 0 Å². The fourth-order valence-corrected chi connectivity index (χ4v) is 2.99. The van der Waals surface area contributed by atoms with E-state index in [4.69, 9.17) is 4.74 Å². The average molecular weight is 332 g/mol. The summed E-state index contributed by atoms with van der Waals surface area (Å²) in [7, 11) is 0. The Morgan fingerprint density at radius 1 is 1.29 bits per heavy atom. The van der Waals surface area contributed by atoms with Gasteiger partial charge in [-0.3, -0.25) is 9.80 Å². The van der Waals surface area contributed by atoms with Crippen molar-refractivity contribution in [2.24, 2.45) is 0 Å². The minimum absolute atomic E-state index is 0.293. The topological polar surface area (TPSA) is 35.9 Å². The largest absolute Gasteiger partial charge is 0.392 e. The predicted molar refractivity (Wildman–Crippen MR) is 99.2 cm³/mol. The molecule has 1 N–H and O–H groups in total. The van der Waals surface area contributed by atoms with E-state index < -0.39 is 0 Å². The maximum Gasteiger partial charge on any atom is 0.0670 e. The lowest BCUT2D eigenvalue weighted by molar-refractivity contribution is 0.0288. The zero-order valence-electron chi connectivity index (χ0n) is 15.0. The third-order valence-electron chi connectivity index (χ3n) is 4.54. The van der Waals surface area contributed by atoms with Crippen molar-refractivity contribution in [3.8, 4) is 0 Å². The van der Waals surface area contributed by atoms with Gasteiger partial charge in [0.25, 0.3) is 0 Å². The summed E-state index contributed by atoms with van der Waals surface area (Å²) in [5.74, 6) is 0. The third-order valence-corrected chi connectivity index (χ3v) is 4.54. The molecular formula is C20H32N2O2. The van der Waals surface area contributed by atoms with Crippen LogP contribution in [0.2, 0.25) is 0 Å². The maximum absolute atomic E-state index is 10.3. The van der Waals surface area contributed by atoms with E-state index in [1.165, 1.54) is 11.1 Å². The molecule has 1 atom stereocenters. The summed E-state index contributed by atoms with van der Waals surface area (Å²) >= 11 is 0. The first kappa shape index (κ1) is 19.1. The van der Waals surface area contributed by atoms with Crippen LogP contribution in [0.1, 0.15) is 24.0 Å². The van der Waals surface area contributed by atoms with Gasteiger partial charge in [0, 0.05) is 39.3 Å². The maximum atomic E-state index is 10.3. The van der Waals surface area contributed by atoms with Crippen LogP contribution in [0.4, 0.5) is 0 Å². The SMILES string of the molecule is C=CCCC(O)CN(CCN1CCOCC1)Cc1ccc(C)cc1. The quantitative estimate of drug-likeness (QED) is 0.668. The molecule has 1 saturated heterocycles. The van der Waals surface area contributed by atoms with Crippen molar-refractivity contribution >= 4 is 0 Å². The second-order valence-electron chi connectivity index (χ2n) is 6.69. The first-order chi connectivity index (χ1) is 11.7. The van der Waals surface area contributed by atoms with Crippen LogP contribution in [0.25, 0.3) is 0 Å². The first-order valence-corrected chi connectivity index (χ1v) is 9.04. The number of aliphatic hydroxyl groups excluding tert-OH is 1. The Morgan fingerprint density at radius 2 is 2.00 bits per heavy atom. The van der Waals surface area contributed by atoms with Gasteiger partial charge in [-0.15, -0.1) is 6.58 Å². The molecule has 0 aliphatic carbocycles. The zero-order valence-corrected chi connectivity index (χ0v) is 15.0. The van der Waals surface area contributed by atoms with E-state index in [0.29, 0.717) is 6.54 Å². The summed E-state index contributed by atoms with van der Waals surface area (Å²) in [6.45, 7) is 13.1. The predicted octanol–water partition coefficient (Wildman–Crippen LogP) is 2.46. The van der Waals surface area contributed by atoms with Crippen molar-refractivity contribution in [2.75, 3.05) is 45.9 Å². The van der Waals surface area contributed by atoms with Crippen LogP contribution in [0.5, 0.6) is 0 Å². The standard InChI is InChI=1S/C20H32N2O2/c1-3-4-5-20(23)17-22(11-10-21-12-14-24-15-13-21)16-19-8-6-18(2)7-9-19/h3,6-9,20,23H,1,4-5,10-17H2,2H3. The van der Waals surface area contributed by atoms with Gasteiger partial charge in [0.05, 0.1) is 19.3 Å². The van der Waals surface area contributed by atoms with Crippen molar-refractivity contribution in [1.29, 1.82) is 0 Å². The van der Waals surface area contributed by atoms with Gasteiger partial charge in [0.1, 0.15) is 0 Å². The highest BCUT2D eigenvalue weighted by Crippen LogP contribution is 2.10. The number of morpholine rings is 1. The van der Waals surface area contributed by atoms with Crippen molar-refractivity contribution < 1.29 is 9.84 Å². The molecule has 0 aromatic heterocycles. The molecular weight excluding hydrogens is 300 g/mol. The normalized spacial score (nSPS) is 17.1. The molecule has 1 aliphatic rings. The zero-order chi connectivity index (χ0) is 17.2. The minimum Gasteiger partial charge on any atom is -0.392 e. The van der Waals surface area contributed by atoms with Crippen LogP contribution >= 0.6 is 0 Å². The molecule has 1 unspecified atom stereocenters. The summed E-state index contributed by atoms with van der Waals surface area (Å²) < 4.78 is 5.42. The number of aliphatic hydroxyl groups is 1. The summed E-state index contributed by atoms with van der Waals surface area (Å²) in [6.07, 6.45) is 3.23. The summed E-state index contributed by atoms with van der Waals surface area (Å²) in [5, 5.41) is 10.3. The minimum atomic E-state index is -0.293. The molecule has 1 aromatic rings. The Morgan fingerprint density at radius 3 is 2.67 bits per heavy atom. The summed E-state index contributed by atoms with van der Waals surface area (Å²) in [4.78, 5) is 4.82. The van der Waals surface area contributed by atoms with Crippen LogP contribution in [0, 0.1) is 6.92 Å². The van der Waals surface area contributed by atoms with Crippen LogP contribution in [0.15, 0.2) is 36.9 Å². The molecule has 0 bridgehead atoms. The number of hydrogen-bond acceptors (Lipinski definition) is 4. The van der Waals surface area contributed by atoms with Gasteiger partial charge in [-0.05, 0) is 25.3 Å². The Kier molecular flexibility index (Phi) is 8.47. The van der Waals surface area contributed by atoms with Gasteiger partial charge < -0.3 is 9.84 Å². The van der Waals surface area contributed by atoms with E-state index in [0.717, 1.165) is 58.8 Å². The van der Waals surface area contributed by atoms with Crippen LogP contribution in [0.3, 0.4) is 0 Å². The smallest absolute Gasteiger partial charge is 0.0670 e. The fraction of sp³-hybridized carbons (Fsp3) is 0.600. The molecule has 1 fully saturated rings. The molecule has 1 heterocycles. The summed E-state index contributed by atoms with van der Waals surface area (Å²) in [6, 6.07) is 8.69. The van der Waals surface area contributed by atoms with E-state index in [1.807, 2.05) is 6.08 Å². The lowest BCUT2D eigenvalue weighted by Gasteiger charge is -2.31. The number of benzene rings is 1. The second-order valence-corrected chi connectivity index (χ2v) is 6.69. The van der Waals surface area contributed by atoms with Crippen LogP contribution in [-0.4, -0.2) is 66.9 Å². The highest BCUT2D eigenvalue weighted by Gasteiger charge is 2.15. The molecule has 24 heavy (non-hydrogen) atoms. The Labute approximate surface area is 146 Å². The monoisotopic (exact) mass is 332 g/mol. The first-order valence-electron chi connectivity index (χ1n) is 9.04. The van der Waals surface area contributed by atoms with Gasteiger partial charge in [-0.2, -0.15) is 0 Å². The number of ether oxygens (including phenoxy) is 1. The highest BCUT2D eigenvalue weighted by atomic mass is 16.5. The van der Waals surface area contributed by atoms with Gasteiger partial charge in [0.15, 0.2) is 0 Å². The molecule has 1 aromatic carbocycles.